The zero-order valence-corrected chi connectivity index (χ0v) is 14.1. The third-order valence-corrected chi connectivity index (χ3v) is 5.19. The van der Waals surface area contributed by atoms with Gasteiger partial charge >= 0.3 is 0 Å². The number of carbonyl (C=O) groups excluding carboxylic acids is 2. The van der Waals surface area contributed by atoms with Crippen molar-refractivity contribution in [3.63, 3.8) is 0 Å². The zero-order valence-electron chi connectivity index (χ0n) is 13.3. The van der Waals surface area contributed by atoms with Crippen LogP contribution in [0.1, 0.15) is 54.0 Å². The number of thiazole rings is 1. The normalized spacial score (nSPS) is 19.8. The van der Waals surface area contributed by atoms with E-state index in [0.29, 0.717) is 24.3 Å². The highest BCUT2D eigenvalue weighted by Gasteiger charge is 2.27. The summed E-state index contributed by atoms with van der Waals surface area (Å²) in [7, 11) is 1.77. The second-order valence-electron chi connectivity index (χ2n) is 6.67. The van der Waals surface area contributed by atoms with Crippen LogP contribution in [0.3, 0.4) is 0 Å². The molecular formula is C15H23N3O2S. The summed E-state index contributed by atoms with van der Waals surface area (Å²) in [6.45, 7) is 8.73. The Morgan fingerprint density at radius 2 is 2.10 bits per heavy atom. The van der Waals surface area contributed by atoms with Gasteiger partial charge in [-0.2, -0.15) is 0 Å². The van der Waals surface area contributed by atoms with E-state index in [1.807, 2.05) is 6.92 Å². The van der Waals surface area contributed by atoms with Gasteiger partial charge in [-0.1, -0.05) is 20.8 Å². The van der Waals surface area contributed by atoms with E-state index in [2.05, 4.69) is 31.1 Å². The molecule has 1 aromatic heterocycles. The number of nitrogens with one attached hydrogen (secondary N) is 1. The predicted molar refractivity (Wildman–Crippen MR) is 83.7 cm³/mol. The van der Waals surface area contributed by atoms with Crippen molar-refractivity contribution < 1.29 is 9.59 Å². The number of hydrogen-bond acceptors (Lipinski definition) is 4. The smallest absolute Gasteiger partial charge is 0.263 e. The number of amides is 2. The van der Waals surface area contributed by atoms with Crippen molar-refractivity contribution in [3.05, 3.63) is 15.6 Å². The van der Waals surface area contributed by atoms with E-state index in [1.165, 1.54) is 11.3 Å². The molecule has 0 unspecified atom stereocenters. The third-order valence-electron chi connectivity index (χ3n) is 3.61. The van der Waals surface area contributed by atoms with Gasteiger partial charge in [0, 0.05) is 31.5 Å². The Morgan fingerprint density at radius 1 is 1.43 bits per heavy atom. The number of rotatable bonds is 2. The molecule has 5 nitrogen and oxygen atoms in total. The zero-order chi connectivity index (χ0) is 15.8. The topological polar surface area (TPSA) is 62.3 Å². The number of likely N-dealkylation sites (N-methyl/N-ethyl adjacent to an activating group) is 1. The summed E-state index contributed by atoms with van der Waals surface area (Å²) in [6, 6.07) is 0.0276. The van der Waals surface area contributed by atoms with Crippen LogP contribution < -0.4 is 5.32 Å². The van der Waals surface area contributed by atoms with Crippen molar-refractivity contribution in [2.75, 3.05) is 13.6 Å². The molecule has 2 amide bonds. The maximum Gasteiger partial charge on any atom is 0.263 e. The lowest BCUT2D eigenvalue weighted by molar-refractivity contribution is -0.132. The number of hydrogen-bond donors (Lipinski definition) is 1. The molecule has 1 fully saturated rings. The van der Waals surface area contributed by atoms with Gasteiger partial charge in [0.1, 0.15) is 4.88 Å². The fraction of sp³-hybridized carbons (Fsp3) is 0.667. The maximum absolute atomic E-state index is 12.4. The van der Waals surface area contributed by atoms with Gasteiger partial charge in [0.15, 0.2) is 0 Å². The van der Waals surface area contributed by atoms with Crippen molar-refractivity contribution in [1.82, 2.24) is 15.2 Å². The first-order valence-electron chi connectivity index (χ1n) is 7.21. The van der Waals surface area contributed by atoms with E-state index in [0.717, 1.165) is 10.7 Å². The number of piperidine rings is 1. The molecule has 1 atom stereocenters. The summed E-state index contributed by atoms with van der Waals surface area (Å²) in [4.78, 5) is 30.8. The Kier molecular flexibility index (Phi) is 4.37. The first kappa shape index (κ1) is 15.9. The summed E-state index contributed by atoms with van der Waals surface area (Å²) in [6.07, 6.45) is 1.20. The fourth-order valence-electron chi connectivity index (χ4n) is 2.31. The molecule has 116 valence electrons. The minimum atomic E-state index is -0.0757. The number of aromatic nitrogens is 1. The van der Waals surface area contributed by atoms with Gasteiger partial charge in [0.2, 0.25) is 5.91 Å². The molecule has 1 N–H and O–H groups in total. The second-order valence-corrected chi connectivity index (χ2v) is 7.67. The van der Waals surface area contributed by atoms with E-state index < -0.39 is 0 Å². The molecule has 1 saturated heterocycles. The van der Waals surface area contributed by atoms with Gasteiger partial charge in [-0.05, 0) is 13.3 Å². The highest BCUT2D eigenvalue weighted by molar-refractivity contribution is 7.14. The molecule has 1 aliphatic heterocycles. The third kappa shape index (κ3) is 3.61. The van der Waals surface area contributed by atoms with E-state index in [-0.39, 0.29) is 23.3 Å². The molecule has 0 saturated carbocycles. The number of carbonyl (C=O) groups is 2. The monoisotopic (exact) mass is 309 g/mol. The quantitative estimate of drug-likeness (QED) is 0.910. The van der Waals surface area contributed by atoms with Crippen molar-refractivity contribution in [2.45, 2.75) is 52.0 Å². The molecule has 0 spiro atoms. The lowest BCUT2D eigenvalue weighted by Crippen LogP contribution is -2.48. The first-order valence-corrected chi connectivity index (χ1v) is 8.03. The molecule has 6 heteroatoms. The average molecular weight is 309 g/mol. The standard InChI is InChI=1S/C15H23N3O2S/c1-9-12(21-14(16-9)15(2,3)4)13(20)17-10-6-7-11(19)18(5)8-10/h10H,6-8H2,1-5H3,(H,17,20)/t10-/m0/s1. The van der Waals surface area contributed by atoms with Crippen LogP contribution in [-0.4, -0.2) is 41.3 Å². The van der Waals surface area contributed by atoms with Crippen molar-refractivity contribution in [2.24, 2.45) is 0 Å². The van der Waals surface area contributed by atoms with Gasteiger partial charge in [0.25, 0.3) is 5.91 Å². The Balaban J connectivity index is 2.07. The molecule has 2 rings (SSSR count). The molecule has 21 heavy (non-hydrogen) atoms. The molecule has 1 aromatic rings. The average Bonchev–Trinajstić information content (AvgIpc) is 2.76. The summed E-state index contributed by atoms with van der Waals surface area (Å²) >= 11 is 1.46. The van der Waals surface area contributed by atoms with Crippen molar-refractivity contribution >= 4 is 23.2 Å². The number of aryl methyl sites for hydroxylation is 1. The van der Waals surface area contributed by atoms with Crippen LogP contribution in [-0.2, 0) is 10.2 Å². The predicted octanol–water partition coefficient (Wildman–Crippen LogP) is 2.10. The lowest BCUT2D eigenvalue weighted by Gasteiger charge is -2.30. The van der Waals surface area contributed by atoms with Crippen LogP contribution >= 0.6 is 11.3 Å². The van der Waals surface area contributed by atoms with E-state index in [9.17, 15) is 9.59 Å². The van der Waals surface area contributed by atoms with Crippen molar-refractivity contribution in [1.29, 1.82) is 0 Å². The maximum atomic E-state index is 12.4. The molecule has 2 heterocycles. The number of likely N-dealkylation sites (tertiary alicyclic amines) is 1. The van der Waals surface area contributed by atoms with E-state index in [4.69, 9.17) is 0 Å². The molecule has 0 radical (unpaired) electrons. The Morgan fingerprint density at radius 3 is 2.62 bits per heavy atom. The number of nitrogens with zero attached hydrogens (tertiary/aromatic N) is 2. The minimum Gasteiger partial charge on any atom is -0.347 e. The van der Waals surface area contributed by atoms with Gasteiger partial charge < -0.3 is 10.2 Å². The highest BCUT2D eigenvalue weighted by atomic mass is 32.1. The minimum absolute atomic E-state index is 0.0276. The van der Waals surface area contributed by atoms with Crippen LogP contribution in [0.25, 0.3) is 0 Å². The Hall–Kier alpha value is -1.43. The highest BCUT2D eigenvalue weighted by Crippen LogP contribution is 2.29. The summed E-state index contributed by atoms with van der Waals surface area (Å²) in [5.41, 5.74) is 0.730. The Bertz CT molecular complexity index is 560. The molecule has 0 aliphatic carbocycles. The van der Waals surface area contributed by atoms with Gasteiger partial charge in [0.05, 0.1) is 10.7 Å². The van der Waals surface area contributed by atoms with Gasteiger partial charge in [-0.3, -0.25) is 9.59 Å². The first-order chi connectivity index (χ1) is 9.68. The van der Waals surface area contributed by atoms with Crippen LogP contribution in [0.4, 0.5) is 0 Å². The largest absolute Gasteiger partial charge is 0.347 e. The van der Waals surface area contributed by atoms with Crippen LogP contribution in [0, 0.1) is 6.92 Å². The molecular weight excluding hydrogens is 286 g/mol. The van der Waals surface area contributed by atoms with Crippen LogP contribution in [0.5, 0.6) is 0 Å². The van der Waals surface area contributed by atoms with Crippen LogP contribution in [0.15, 0.2) is 0 Å². The Labute approximate surface area is 129 Å². The van der Waals surface area contributed by atoms with Gasteiger partial charge in [-0.15, -0.1) is 11.3 Å². The summed E-state index contributed by atoms with van der Waals surface area (Å²) in [5.74, 6) is 0.0673. The van der Waals surface area contributed by atoms with E-state index in [1.54, 1.807) is 11.9 Å². The van der Waals surface area contributed by atoms with E-state index >= 15 is 0 Å². The molecule has 0 aromatic carbocycles. The van der Waals surface area contributed by atoms with Gasteiger partial charge in [-0.25, -0.2) is 4.98 Å². The summed E-state index contributed by atoms with van der Waals surface area (Å²) < 4.78 is 0. The molecule has 0 bridgehead atoms. The summed E-state index contributed by atoms with van der Waals surface area (Å²) in [5, 5.41) is 4.00. The van der Waals surface area contributed by atoms with Crippen LogP contribution in [0.2, 0.25) is 0 Å². The molecule has 1 aliphatic rings. The lowest BCUT2D eigenvalue weighted by atomic mass is 9.98. The second kappa shape index (κ2) is 5.75. The van der Waals surface area contributed by atoms with Crippen molar-refractivity contribution in [3.8, 4) is 0 Å². The SMILES string of the molecule is Cc1nc(C(C)(C)C)sc1C(=O)N[C@H]1CCC(=O)N(C)C1. The fourth-order valence-corrected chi connectivity index (χ4v) is 3.34.